The molecule has 0 unspecified atom stereocenters. The SMILES string of the molecule is COCCc1ccccc1NC(=O)CNC1CCCC1. The van der Waals surface area contributed by atoms with Crippen molar-refractivity contribution in [3.05, 3.63) is 29.8 Å². The maximum absolute atomic E-state index is 12.0. The summed E-state index contributed by atoms with van der Waals surface area (Å²) < 4.78 is 5.10. The molecule has 1 amide bonds. The molecule has 4 nitrogen and oxygen atoms in total. The first-order valence-electron chi connectivity index (χ1n) is 7.39. The molecule has 0 radical (unpaired) electrons. The van der Waals surface area contributed by atoms with Gasteiger partial charge in [-0.15, -0.1) is 0 Å². The molecule has 1 aromatic carbocycles. The first-order valence-corrected chi connectivity index (χ1v) is 7.39. The standard InChI is InChI=1S/C16H24N2O2/c1-20-11-10-13-6-2-5-9-15(13)18-16(19)12-17-14-7-3-4-8-14/h2,5-6,9,14,17H,3-4,7-8,10-12H2,1H3,(H,18,19). The van der Waals surface area contributed by atoms with Crippen LogP contribution in [0.2, 0.25) is 0 Å². The number of para-hydroxylation sites is 1. The van der Waals surface area contributed by atoms with Crippen LogP contribution in [-0.2, 0) is 16.0 Å². The molecule has 1 fully saturated rings. The third-order valence-corrected chi connectivity index (χ3v) is 3.77. The summed E-state index contributed by atoms with van der Waals surface area (Å²) in [6.45, 7) is 1.05. The van der Waals surface area contributed by atoms with E-state index in [1.165, 1.54) is 25.7 Å². The van der Waals surface area contributed by atoms with E-state index in [0.717, 1.165) is 17.7 Å². The Hall–Kier alpha value is -1.39. The van der Waals surface area contributed by atoms with Crippen molar-refractivity contribution < 1.29 is 9.53 Å². The number of hydrogen-bond acceptors (Lipinski definition) is 3. The van der Waals surface area contributed by atoms with Gasteiger partial charge >= 0.3 is 0 Å². The van der Waals surface area contributed by atoms with Crippen molar-refractivity contribution in [3.63, 3.8) is 0 Å². The van der Waals surface area contributed by atoms with Crippen LogP contribution < -0.4 is 10.6 Å². The minimum absolute atomic E-state index is 0.0294. The molecule has 1 aromatic rings. The highest BCUT2D eigenvalue weighted by molar-refractivity contribution is 5.93. The summed E-state index contributed by atoms with van der Waals surface area (Å²) in [5.41, 5.74) is 2.01. The largest absolute Gasteiger partial charge is 0.384 e. The fourth-order valence-corrected chi connectivity index (χ4v) is 2.63. The van der Waals surface area contributed by atoms with E-state index in [1.54, 1.807) is 7.11 Å². The number of benzene rings is 1. The first-order chi connectivity index (χ1) is 9.79. The molecule has 20 heavy (non-hydrogen) atoms. The summed E-state index contributed by atoms with van der Waals surface area (Å²) in [5.74, 6) is 0.0294. The van der Waals surface area contributed by atoms with Gasteiger partial charge in [0.2, 0.25) is 5.91 Å². The molecule has 4 heteroatoms. The second-order valence-electron chi connectivity index (χ2n) is 5.31. The van der Waals surface area contributed by atoms with Crippen molar-refractivity contribution in [2.75, 3.05) is 25.6 Å². The molecule has 0 aromatic heterocycles. The maximum atomic E-state index is 12.0. The zero-order valence-corrected chi connectivity index (χ0v) is 12.2. The number of hydrogen-bond donors (Lipinski definition) is 2. The van der Waals surface area contributed by atoms with Crippen LogP contribution in [-0.4, -0.2) is 32.2 Å². The average Bonchev–Trinajstić information content (AvgIpc) is 2.97. The normalized spacial score (nSPS) is 15.4. The molecule has 0 heterocycles. The van der Waals surface area contributed by atoms with Crippen molar-refractivity contribution in [3.8, 4) is 0 Å². The molecule has 2 rings (SSSR count). The molecule has 2 N–H and O–H groups in total. The van der Waals surface area contributed by atoms with E-state index in [4.69, 9.17) is 4.74 Å². The minimum atomic E-state index is 0.0294. The second kappa shape index (κ2) is 8.02. The van der Waals surface area contributed by atoms with Gasteiger partial charge in [0.15, 0.2) is 0 Å². The molecular formula is C16H24N2O2. The predicted octanol–water partition coefficient (Wildman–Crippen LogP) is 2.35. The van der Waals surface area contributed by atoms with Crippen LogP contribution >= 0.6 is 0 Å². The summed E-state index contributed by atoms with van der Waals surface area (Å²) in [6.07, 6.45) is 5.75. The molecule has 0 aliphatic heterocycles. The highest BCUT2D eigenvalue weighted by Crippen LogP contribution is 2.18. The zero-order chi connectivity index (χ0) is 14.2. The van der Waals surface area contributed by atoms with Gasteiger partial charge in [-0.3, -0.25) is 4.79 Å². The average molecular weight is 276 g/mol. The molecule has 0 saturated heterocycles. The summed E-state index contributed by atoms with van der Waals surface area (Å²) in [7, 11) is 1.69. The monoisotopic (exact) mass is 276 g/mol. The van der Waals surface area contributed by atoms with Gasteiger partial charge in [0.1, 0.15) is 0 Å². The predicted molar refractivity (Wildman–Crippen MR) is 80.9 cm³/mol. The van der Waals surface area contributed by atoms with Gasteiger partial charge < -0.3 is 15.4 Å². The number of rotatable bonds is 7. The van der Waals surface area contributed by atoms with Crippen LogP contribution in [0.15, 0.2) is 24.3 Å². The summed E-state index contributed by atoms with van der Waals surface area (Å²) >= 11 is 0. The molecule has 110 valence electrons. The van der Waals surface area contributed by atoms with Crippen molar-refractivity contribution in [2.24, 2.45) is 0 Å². The smallest absolute Gasteiger partial charge is 0.238 e. The van der Waals surface area contributed by atoms with E-state index in [0.29, 0.717) is 19.2 Å². The highest BCUT2D eigenvalue weighted by Gasteiger charge is 2.15. The lowest BCUT2D eigenvalue weighted by Crippen LogP contribution is -2.34. The fourth-order valence-electron chi connectivity index (χ4n) is 2.63. The molecular weight excluding hydrogens is 252 g/mol. The Morgan fingerprint density at radius 1 is 1.30 bits per heavy atom. The molecule has 0 spiro atoms. The lowest BCUT2D eigenvalue weighted by molar-refractivity contribution is -0.115. The number of ether oxygens (including phenoxy) is 1. The fraction of sp³-hybridized carbons (Fsp3) is 0.562. The number of amides is 1. The van der Waals surface area contributed by atoms with E-state index in [-0.39, 0.29) is 5.91 Å². The third kappa shape index (κ3) is 4.62. The Morgan fingerprint density at radius 3 is 2.80 bits per heavy atom. The van der Waals surface area contributed by atoms with Crippen molar-refractivity contribution >= 4 is 11.6 Å². The van der Waals surface area contributed by atoms with Gasteiger partial charge in [-0.1, -0.05) is 31.0 Å². The second-order valence-corrected chi connectivity index (χ2v) is 5.31. The van der Waals surface area contributed by atoms with Gasteiger partial charge in [0.25, 0.3) is 0 Å². The van der Waals surface area contributed by atoms with E-state index in [1.807, 2.05) is 24.3 Å². The Kier molecular flexibility index (Phi) is 6.02. The Bertz CT molecular complexity index is 428. The molecule has 1 aliphatic carbocycles. The Labute approximate surface area is 120 Å². The van der Waals surface area contributed by atoms with Crippen LogP contribution in [0.4, 0.5) is 5.69 Å². The van der Waals surface area contributed by atoms with Crippen molar-refractivity contribution in [2.45, 2.75) is 38.1 Å². The van der Waals surface area contributed by atoms with Crippen molar-refractivity contribution in [1.29, 1.82) is 0 Å². The Morgan fingerprint density at radius 2 is 2.05 bits per heavy atom. The van der Waals surface area contributed by atoms with E-state index >= 15 is 0 Å². The van der Waals surface area contributed by atoms with E-state index in [9.17, 15) is 4.79 Å². The summed E-state index contributed by atoms with van der Waals surface area (Å²) in [6, 6.07) is 8.41. The maximum Gasteiger partial charge on any atom is 0.238 e. The third-order valence-electron chi connectivity index (χ3n) is 3.77. The van der Waals surface area contributed by atoms with Gasteiger partial charge in [0, 0.05) is 18.8 Å². The van der Waals surface area contributed by atoms with E-state index < -0.39 is 0 Å². The summed E-state index contributed by atoms with van der Waals surface area (Å²) in [4.78, 5) is 12.0. The molecule has 1 aliphatic rings. The minimum Gasteiger partial charge on any atom is -0.384 e. The van der Waals surface area contributed by atoms with Crippen LogP contribution in [0.5, 0.6) is 0 Å². The van der Waals surface area contributed by atoms with Gasteiger partial charge in [-0.05, 0) is 30.9 Å². The summed E-state index contributed by atoms with van der Waals surface area (Å²) in [5, 5.41) is 6.31. The van der Waals surface area contributed by atoms with Gasteiger partial charge in [-0.25, -0.2) is 0 Å². The van der Waals surface area contributed by atoms with Crippen LogP contribution in [0.3, 0.4) is 0 Å². The van der Waals surface area contributed by atoms with Crippen molar-refractivity contribution in [1.82, 2.24) is 5.32 Å². The number of anilines is 1. The number of nitrogens with one attached hydrogen (secondary N) is 2. The Balaban J connectivity index is 1.83. The number of carbonyl (C=O) groups is 1. The van der Waals surface area contributed by atoms with Gasteiger partial charge in [0.05, 0.1) is 13.2 Å². The van der Waals surface area contributed by atoms with Crippen LogP contribution in [0, 0.1) is 0 Å². The molecule has 0 bridgehead atoms. The quantitative estimate of drug-likeness (QED) is 0.803. The zero-order valence-electron chi connectivity index (χ0n) is 12.2. The van der Waals surface area contributed by atoms with E-state index in [2.05, 4.69) is 10.6 Å². The number of carbonyl (C=O) groups excluding carboxylic acids is 1. The molecule has 1 saturated carbocycles. The van der Waals surface area contributed by atoms with Gasteiger partial charge in [-0.2, -0.15) is 0 Å². The lowest BCUT2D eigenvalue weighted by atomic mass is 10.1. The highest BCUT2D eigenvalue weighted by atomic mass is 16.5. The van der Waals surface area contributed by atoms with Crippen LogP contribution in [0.25, 0.3) is 0 Å². The number of methoxy groups -OCH3 is 1. The topological polar surface area (TPSA) is 50.4 Å². The first kappa shape index (κ1) is 15.0. The molecule has 0 atom stereocenters. The van der Waals surface area contributed by atoms with Crippen LogP contribution in [0.1, 0.15) is 31.2 Å². The lowest BCUT2D eigenvalue weighted by Gasteiger charge is -2.13.